The first-order valence-electron chi connectivity index (χ1n) is 5.96. The third kappa shape index (κ3) is 3.35. The molecule has 0 amide bonds. The molecular formula is C13H18ClNO2. The molecule has 4 heteroatoms. The van der Waals surface area contributed by atoms with E-state index in [1.54, 1.807) is 0 Å². The van der Waals surface area contributed by atoms with Crippen LogP contribution in [0.15, 0.2) is 18.2 Å². The lowest BCUT2D eigenvalue weighted by Gasteiger charge is -2.24. The van der Waals surface area contributed by atoms with E-state index in [4.69, 9.17) is 26.8 Å². The van der Waals surface area contributed by atoms with Gasteiger partial charge in [0.2, 0.25) is 0 Å². The van der Waals surface area contributed by atoms with E-state index in [1.165, 1.54) is 0 Å². The first-order chi connectivity index (χ1) is 8.16. The molecule has 1 fully saturated rings. The van der Waals surface area contributed by atoms with Crippen molar-refractivity contribution in [2.24, 2.45) is 5.73 Å². The highest BCUT2D eigenvalue weighted by Crippen LogP contribution is 2.29. The highest BCUT2D eigenvalue weighted by molar-refractivity contribution is 6.32. The van der Waals surface area contributed by atoms with Gasteiger partial charge in [-0.25, -0.2) is 0 Å². The van der Waals surface area contributed by atoms with E-state index in [9.17, 15) is 0 Å². The number of hydrogen-bond donors (Lipinski definition) is 1. The number of nitrogens with two attached hydrogens (primary N) is 1. The summed E-state index contributed by atoms with van der Waals surface area (Å²) < 4.78 is 11.2. The molecule has 17 heavy (non-hydrogen) atoms. The zero-order valence-electron chi connectivity index (χ0n) is 9.99. The van der Waals surface area contributed by atoms with Crippen molar-refractivity contribution in [2.45, 2.75) is 31.9 Å². The van der Waals surface area contributed by atoms with Gasteiger partial charge < -0.3 is 15.2 Å². The van der Waals surface area contributed by atoms with Crippen LogP contribution in [-0.4, -0.2) is 19.3 Å². The minimum atomic E-state index is -0.0143. The van der Waals surface area contributed by atoms with Gasteiger partial charge >= 0.3 is 0 Å². The molecule has 2 rings (SSSR count). The highest BCUT2D eigenvalue weighted by atomic mass is 35.5. The summed E-state index contributed by atoms with van der Waals surface area (Å²) in [4.78, 5) is 0. The van der Waals surface area contributed by atoms with Crippen LogP contribution in [0, 0.1) is 0 Å². The number of halogens is 1. The van der Waals surface area contributed by atoms with Gasteiger partial charge in [0.25, 0.3) is 0 Å². The van der Waals surface area contributed by atoms with Crippen molar-refractivity contribution >= 4 is 11.6 Å². The van der Waals surface area contributed by atoms with Crippen LogP contribution in [0.25, 0.3) is 0 Å². The number of ether oxygens (including phenoxy) is 2. The quantitative estimate of drug-likeness (QED) is 0.903. The summed E-state index contributed by atoms with van der Waals surface area (Å²) in [6.07, 6.45) is 2.17. The zero-order chi connectivity index (χ0) is 12.3. The Kier molecular flexibility index (Phi) is 4.26. The smallest absolute Gasteiger partial charge is 0.138 e. The van der Waals surface area contributed by atoms with Crippen molar-refractivity contribution in [3.05, 3.63) is 28.8 Å². The first kappa shape index (κ1) is 12.7. The van der Waals surface area contributed by atoms with Gasteiger partial charge in [0.05, 0.1) is 11.6 Å². The maximum absolute atomic E-state index is 6.17. The number of benzene rings is 1. The molecule has 1 aliphatic rings. The molecule has 0 saturated carbocycles. The number of hydrogen-bond acceptors (Lipinski definition) is 3. The van der Waals surface area contributed by atoms with Crippen LogP contribution in [0.1, 0.15) is 31.4 Å². The molecule has 2 atom stereocenters. The SMILES string of the molecule is C[C@H](N)c1ccc(OC2CCCOC2)c(Cl)c1. The van der Waals surface area contributed by atoms with Crippen LogP contribution >= 0.6 is 11.6 Å². The summed E-state index contributed by atoms with van der Waals surface area (Å²) in [7, 11) is 0. The largest absolute Gasteiger partial charge is 0.486 e. The molecule has 2 N–H and O–H groups in total. The van der Waals surface area contributed by atoms with Crippen LogP contribution in [0.3, 0.4) is 0 Å². The van der Waals surface area contributed by atoms with Gasteiger partial charge in [0, 0.05) is 12.6 Å². The van der Waals surface area contributed by atoms with Crippen LogP contribution in [0.5, 0.6) is 5.75 Å². The molecule has 1 unspecified atom stereocenters. The maximum atomic E-state index is 6.17. The lowest BCUT2D eigenvalue weighted by molar-refractivity contribution is 0.00746. The Bertz CT molecular complexity index is 376. The molecule has 1 saturated heterocycles. The third-order valence-corrected chi connectivity index (χ3v) is 3.19. The fourth-order valence-corrected chi connectivity index (χ4v) is 2.11. The lowest BCUT2D eigenvalue weighted by Crippen LogP contribution is -2.28. The molecule has 0 aliphatic carbocycles. The van der Waals surface area contributed by atoms with Crippen LogP contribution in [0.2, 0.25) is 5.02 Å². The summed E-state index contributed by atoms with van der Waals surface area (Å²) >= 11 is 6.17. The van der Waals surface area contributed by atoms with E-state index in [-0.39, 0.29) is 12.1 Å². The topological polar surface area (TPSA) is 44.5 Å². The predicted molar refractivity (Wildman–Crippen MR) is 68.5 cm³/mol. The van der Waals surface area contributed by atoms with Crippen molar-refractivity contribution in [1.29, 1.82) is 0 Å². The predicted octanol–water partition coefficient (Wildman–Crippen LogP) is 2.92. The van der Waals surface area contributed by atoms with Crippen LogP contribution in [0.4, 0.5) is 0 Å². The maximum Gasteiger partial charge on any atom is 0.138 e. The third-order valence-electron chi connectivity index (χ3n) is 2.89. The summed E-state index contributed by atoms with van der Waals surface area (Å²) in [5, 5.41) is 0.616. The molecule has 0 bridgehead atoms. The van der Waals surface area contributed by atoms with Gasteiger partial charge in [0.15, 0.2) is 0 Å². The van der Waals surface area contributed by atoms with Crippen molar-refractivity contribution in [2.75, 3.05) is 13.2 Å². The second-order valence-electron chi connectivity index (χ2n) is 4.44. The van der Waals surface area contributed by atoms with Crippen molar-refractivity contribution in [1.82, 2.24) is 0 Å². The summed E-state index contributed by atoms with van der Waals surface area (Å²) in [6, 6.07) is 5.69. The zero-order valence-corrected chi connectivity index (χ0v) is 10.7. The Labute approximate surface area is 107 Å². The molecular weight excluding hydrogens is 238 g/mol. The Morgan fingerprint density at radius 1 is 1.53 bits per heavy atom. The monoisotopic (exact) mass is 255 g/mol. The molecule has 1 heterocycles. The average Bonchev–Trinajstić information content (AvgIpc) is 2.33. The molecule has 94 valence electrons. The minimum absolute atomic E-state index is 0.0143. The van der Waals surface area contributed by atoms with Gasteiger partial charge in [-0.3, -0.25) is 0 Å². The van der Waals surface area contributed by atoms with Gasteiger partial charge in [-0.2, -0.15) is 0 Å². The normalized spacial score (nSPS) is 22.2. The standard InChI is InChI=1S/C13H18ClNO2/c1-9(15)10-4-5-13(12(14)7-10)17-11-3-2-6-16-8-11/h4-5,7,9,11H,2-3,6,8,15H2,1H3/t9-,11?/m0/s1. The fraction of sp³-hybridized carbons (Fsp3) is 0.538. The van der Waals surface area contributed by atoms with Crippen LogP contribution < -0.4 is 10.5 Å². The highest BCUT2D eigenvalue weighted by Gasteiger charge is 2.17. The van der Waals surface area contributed by atoms with Gasteiger partial charge in [-0.05, 0) is 37.5 Å². The molecule has 0 radical (unpaired) electrons. The molecule has 3 nitrogen and oxygen atoms in total. The van der Waals surface area contributed by atoms with E-state index in [1.807, 2.05) is 25.1 Å². The fourth-order valence-electron chi connectivity index (χ4n) is 1.88. The first-order valence-corrected chi connectivity index (χ1v) is 6.34. The number of rotatable bonds is 3. The van der Waals surface area contributed by atoms with Gasteiger partial charge in [-0.15, -0.1) is 0 Å². The average molecular weight is 256 g/mol. The van der Waals surface area contributed by atoms with E-state index < -0.39 is 0 Å². The van der Waals surface area contributed by atoms with E-state index in [0.29, 0.717) is 17.4 Å². The van der Waals surface area contributed by atoms with E-state index in [2.05, 4.69) is 0 Å². The molecule has 0 spiro atoms. The Balaban J connectivity index is 2.05. The van der Waals surface area contributed by atoms with Crippen molar-refractivity contribution in [3.8, 4) is 5.75 Å². The van der Waals surface area contributed by atoms with Gasteiger partial charge in [0.1, 0.15) is 11.9 Å². The summed E-state index contributed by atoms with van der Waals surface area (Å²) in [6.45, 7) is 3.41. The Morgan fingerprint density at radius 2 is 2.35 bits per heavy atom. The van der Waals surface area contributed by atoms with Crippen molar-refractivity contribution < 1.29 is 9.47 Å². The Hall–Kier alpha value is -0.770. The second kappa shape index (κ2) is 5.71. The molecule has 1 aliphatic heterocycles. The molecule has 1 aromatic carbocycles. The second-order valence-corrected chi connectivity index (χ2v) is 4.84. The van der Waals surface area contributed by atoms with Crippen molar-refractivity contribution in [3.63, 3.8) is 0 Å². The minimum Gasteiger partial charge on any atom is -0.486 e. The summed E-state index contributed by atoms with van der Waals surface area (Å²) in [5.41, 5.74) is 6.81. The molecule has 0 aromatic heterocycles. The van der Waals surface area contributed by atoms with Crippen LogP contribution in [-0.2, 0) is 4.74 Å². The molecule has 1 aromatic rings. The summed E-state index contributed by atoms with van der Waals surface area (Å²) in [5.74, 6) is 0.714. The van der Waals surface area contributed by atoms with E-state index >= 15 is 0 Å². The Morgan fingerprint density at radius 3 is 2.94 bits per heavy atom. The van der Waals surface area contributed by atoms with Gasteiger partial charge in [-0.1, -0.05) is 17.7 Å². The van der Waals surface area contributed by atoms with E-state index in [0.717, 1.165) is 25.0 Å². The lowest BCUT2D eigenvalue weighted by atomic mass is 10.1.